The molecule has 4 aromatic rings. The summed E-state index contributed by atoms with van der Waals surface area (Å²) in [5.74, 6) is 0.540. The molecule has 0 saturated heterocycles. The van der Waals surface area contributed by atoms with Crippen LogP contribution in [0, 0.1) is 6.92 Å². The molecule has 7 nitrogen and oxygen atoms in total. The van der Waals surface area contributed by atoms with Crippen LogP contribution < -0.4 is 10.9 Å². The minimum Gasteiger partial charge on any atom is -0.459 e. The average Bonchev–Trinajstić information content (AvgIpc) is 3.31. The van der Waals surface area contributed by atoms with Gasteiger partial charge in [-0.3, -0.25) is 9.59 Å². The monoisotopic (exact) mass is 370 g/mol. The van der Waals surface area contributed by atoms with Gasteiger partial charge >= 0.3 is 0 Å². The number of carbonyl (C=O) groups excluding carboxylic acids is 1. The zero-order valence-corrected chi connectivity index (χ0v) is 15.3. The smallest absolute Gasteiger partial charge is 0.291 e. The molecule has 0 bridgehead atoms. The number of hydrogen-bond acceptors (Lipinski definition) is 5. The van der Waals surface area contributed by atoms with Crippen molar-refractivity contribution >= 4 is 39.2 Å². The van der Waals surface area contributed by atoms with Gasteiger partial charge in [-0.15, -0.1) is 11.3 Å². The number of furan rings is 1. The number of thiophene rings is 1. The first-order valence-electron chi connectivity index (χ1n) is 8.36. The first-order chi connectivity index (χ1) is 12.6. The molecule has 26 heavy (non-hydrogen) atoms. The van der Waals surface area contributed by atoms with Crippen LogP contribution in [-0.2, 0) is 24.4 Å². The molecule has 0 aliphatic heterocycles. The molecular formula is C18H18N4O3S. The Morgan fingerprint density at radius 2 is 2.27 bits per heavy atom. The van der Waals surface area contributed by atoms with Crippen LogP contribution in [0.5, 0.6) is 0 Å². The van der Waals surface area contributed by atoms with E-state index in [0.29, 0.717) is 29.6 Å². The highest BCUT2D eigenvalue weighted by Gasteiger charge is 2.19. The second-order valence-electron chi connectivity index (χ2n) is 6.04. The number of nitrogens with one attached hydrogen (secondary N) is 1. The summed E-state index contributed by atoms with van der Waals surface area (Å²) in [5, 5.41) is 9.62. The Labute approximate surface area is 152 Å². The quantitative estimate of drug-likeness (QED) is 0.585. The maximum atomic E-state index is 12.9. The van der Waals surface area contributed by atoms with E-state index in [0.717, 1.165) is 16.2 Å². The van der Waals surface area contributed by atoms with Crippen LogP contribution in [0.2, 0.25) is 0 Å². The van der Waals surface area contributed by atoms with Crippen molar-refractivity contribution in [2.45, 2.75) is 33.5 Å². The average molecular weight is 370 g/mol. The lowest BCUT2D eigenvalue weighted by molar-refractivity contribution is -0.122. The number of fused-ring (bicyclic) bond motifs is 3. The summed E-state index contributed by atoms with van der Waals surface area (Å²) in [6.07, 6.45) is 1.60. The number of amides is 1. The molecule has 0 aliphatic carbocycles. The van der Waals surface area contributed by atoms with Crippen molar-refractivity contribution in [3.05, 3.63) is 50.8 Å². The van der Waals surface area contributed by atoms with Crippen LogP contribution in [0.4, 0.5) is 0 Å². The predicted molar refractivity (Wildman–Crippen MR) is 100 cm³/mol. The Bertz CT molecular complexity index is 1150. The number of aryl methyl sites for hydroxylation is 2. The van der Waals surface area contributed by atoms with Gasteiger partial charge in [-0.25, -0.2) is 4.68 Å². The van der Waals surface area contributed by atoms with E-state index in [1.165, 1.54) is 4.68 Å². The molecule has 4 rings (SSSR count). The van der Waals surface area contributed by atoms with E-state index in [4.69, 9.17) is 4.42 Å². The van der Waals surface area contributed by atoms with Crippen LogP contribution in [0.15, 0.2) is 39.0 Å². The van der Waals surface area contributed by atoms with E-state index < -0.39 is 0 Å². The maximum absolute atomic E-state index is 12.9. The van der Waals surface area contributed by atoms with Crippen molar-refractivity contribution in [3.8, 4) is 0 Å². The highest BCUT2D eigenvalue weighted by molar-refractivity contribution is 7.09. The van der Waals surface area contributed by atoms with E-state index in [-0.39, 0.29) is 18.0 Å². The molecule has 0 atom stereocenters. The van der Waals surface area contributed by atoms with E-state index in [1.54, 1.807) is 17.5 Å². The van der Waals surface area contributed by atoms with Crippen LogP contribution in [-0.4, -0.2) is 20.3 Å². The molecule has 4 aromatic heterocycles. The van der Waals surface area contributed by atoms with Gasteiger partial charge in [0.25, 0.3) is 5.56 Å². The first kappa shape index (κ1) is 16.6. The number of aromatic nitrogens is 3. The molecule has 8 heteroatoms. The van der Waals surface area contributed by atoms with Crippen LogP contribution in [0.25, 0.3) is 22.0 Å². The predicted octanol–water partition coefficient (Wildman–Crippen LogP) is 2.65. The summed E-state index contributed by atoms with van der Waals surface area (Å²) in [4.78, 5) is 26.1. The Kier molecular flexibility index (Phi) is 4.12. The molecule has 0 spiro atoms. The van der Waals surface area contributed by atoms with Crippen molar-refractivity contribution < 1.29 is 9.21 Å². The summed E-state index contributed by atoms with van der Waals surface area (Å²) in [6.45, 7) is 4.81. The molecule has 1 amide bonds. The minimum atomic E-state index is -0.292. The van der Waals surface area contributed by atoms with Gasteiger partial charge in [0.15, 0.2) is 5.58 Å². The van der Waals surface area contributed by atoms with Crippen molar-refractivity contribution in [3.63, 3.8) is 0 Å². The van der Waals surface area contributed by atoms with E-state index in [1.807, 2.05) is 42.0 Å². The number of nitrogens with zero attached hydrogens (tertiary/aromatic N) is 3. The van der Waals surface area contributed by atoms with Crippen LogP contribution in [0.1, 0.15) is 17.6 Å². The first-order valence-corrected chi connectivity index (χ1v) is 9.24. The molecule has 4 heterocycles. The Morgan fingerprint density at radius 1 is 1.42 bits per heavy atom. The topological polar surface area (TPSA) is 82.1 Å². The Morgan fingerprint density at radius 3 is 3.00 bits per heavy atom. The third-order valence-electron chi connectivity index (χ3n) is 4.31. The molecule has 0 saturated carbocycles. The zero-order chi connectivity index (χ0) is 18.3. The van der Waals surface area contributed by atoms with Crippen molar-refractivity contribution in [2.24, 2.45) is 0 Å². The third-order valence-corrected chi connectivity index (χ3v) is 5.19. The second-order valence-corrected chi connectivity index (χ2v) is 7.07. The minimum absolute atomic E-state index is 0.116. The van der Waals surface area contributed by atoms with Crippen molar-refractivity contribution in [1.29, 1.82) is 0 Å². The number of rotatable bonds is 5. The lowest BCUT2D eigenvalue weighted by Crippen LogP contribution is -2.33. The van der Waals surface area contributed by atoms with Crippen LogP contribution >= 0.6 is 11.3 Å². The summed E-state index contributed by atoms with van der Waals surface area (Å²) in [5.41, 5.74) is 1.76. The van der Waals surface area contributed by atoms with Gasteiger partial charge in [0.1, 0.15) is 17.8 Å². The fourth-order valence-electron chi connectivity index (χ4n) is 3.15. The molecule has 134 valence electrons. The van der Waals surface area contributed by atoms with Crippen molar-refractivity contribution in [2.75, 3.05) is 0 Å². The molecule has 0 unspecified atom stereocenters. The lowest BCUT2D eigenvalue weighted by atomic mass is 10.3. The zero-order valence-electron chi connectivity index (χ0n) is 14.5. The lowest BCUT2D eigenvalue weighted by Gasteiger charge is -2.07. The van der Waals surface area contributed by atoms with E-state index in [2.05, 4.69) is 10.4 Å². The highest BCUT2D eigenvalue weighted by atomic mass is 32.1. The molecule has 0 aromatic carbocycles. The number of hydrogen-bond donors (Lipinski definition) is 1. The normalized spacial score (nSPS) is 11.5. The van der Waals surface area contributed by atoms with Crippen molar-refractivity contribution in [1.82, 2.24) is 19.7 Å². The molecule has 0 fully saturated rings. The van der Waals surface area contributed by atoms with Gasteiger partial charge in [0, 0.05) is 17.5 Å². The SMILES string of the molecule is CCn1c2cc(C)oc2c2cnn(CC(=O)NCc3cccs3)c(=O)c21. The molecular weight excluding hydrogens is 352 g/mol. The third kappa shape index (κ3) is 2.72. The Balaban J connectivity index is 1.67. The van der Waals surface area contributed by atoms with E-state index in [9.17, 15) is 9.59 Å². The van der Waals surface area contributed by atoms with Gasteiger partial charge in [0.2, 0.25) is 5.91 Å². The Hall–Kier alpha value is -2.87. The fourth-order valence-corrected chi connectivity index (χ4v) is 3.80. The summed E-state index contributed by atoms with van der Waals surface area (Å²) < 4.78 is 8.84. The summed E-state index contributed by atoms with van der Waals surface area (Å²) in [6, 6.07) is 5.80. The van der Waals surface area contributed by atoms with Gasteiger partial charge in [-0.2, -0.15) is 5.10 Å². The molecule has 1 N–H and O–H groups in total. The molecule has 0 radical (unpaired) electrons. The van der Waals surface area contributed by atoms with Gasteiger partial charge in [-0.05, 0) is 25.3 Å². The molecule has 0 aliphatic rings. The fraction of sp³-hybridized carbons (Fsp3) is 0.278. The summed E-state index contributed by atoms with van der Waals surface area (Å²) in [7, 11) is 0. The highest BCUT2D eigenvalue weighted by Crippen LogP contribution is 2.29. The van der Waals surface area contributed by atoms with Gasteiger partial charge in [0.05, 0.1) is 23.6 Å². The van der Waals surface area contributed by atoms with Crippen LogP contribution in [0.3, 0.4) is 0 Å². The largest absolute Gasteiger partial charge is 0.459 e. The number of carbonyl (C=O) groups is 1. The van der Waals surface area contributed by atoms with Gasteiger partial charge < -0.3 is 14.3 Å². The second kappa shape index (κ2) is 6.45. The van der Waals surface area contributed by atoms with Gasteiger partial charge in [-0.1, -0.05) is 6.07 Å². The standard InChI is InChI=1S/C18H18N4O3S/c1-3-21-14-7-11(2)25-17(14)13-9-20-22(18(24)16(13)21)10-15(23)19-8-12-5-4-6-26-12/h4-7,9H,3,8,10H2,1-2H3,(H,19,23). The summed E-state index contributed by atoms with van der Waals surface area (Å²) >= 11 is 1.57. The van der Waals surface area contributed by atoms with E-state index >= 15 is 0 Å². The maximum Gasteiger partial charge on any atom is 0.291 e.